The van der Waals surface area contributed by atoms with Gasteiger partial charge >= 0.3 is 5.97 Å². The topological polar surface area (TPSA) is 52.1 Å². The Labute approximate surface area is 116 Å². The van der Waals surface area contributed by atoms with Gasteiger partial charge in [-0.3, -0.25) is 0 Å². The Morgan fingerprint density at radius 3 is 2.53 bits per heavy atom. The first kappa shape index (κ1) is 13.5. The predicted octanol–water partition coefficient (Wildman–Crippen LogP) is 3.20. The van der Waals surface area contributed by atoms with Crippen LogP contribution in [0, 0.1) is 13.8 Å². The lowest BCUT2D eigenvalue weighted by Gasteiger charge is -2.06. The third kappa shape index (κ3) is 2.90. The lowest BCUT2D eigenvalue weighted by Crippen LogP contribution is -2.06. The van der Waals surface area contributed by atoms with E-state index in [9.17, 15) is 4.79 Å². The monoisotopic (exact) mass is 276 g/mol. The van der Waals surface area contributed by atoms with Gasteiger partial charge in [-0.1, -0.05) is 12.1 Å². The molecular formula is C14H13ClN2O2. The Bertz CT molecular complexity index is 641. The second kappa shape index (κ2) is 5.36. The summed E-state index contributed by atoms with van der Waals surface area (Å²) in [4.78, 5) is 19.5. The van der Waals surface area contributed by atoms with Crippen LogP contribution in [-0.2, 0) is 4.74 Å². The first-order chi connectivity index (χ1) is 9.01. The average molecular weight is 277 g/mol. The van der Waals surface area contributed by atoms with E-state index in [1.807, 2.05) is 32.0 Å². The van der Waals surface area contributed by atoms with E-state index in [4.69, 9.17) is 11.6 Å². The van der Waals surface area contributed by atoms with Gasteiger partial charge in [-0.25, -0.2) is 14.8 Å². The Kier molecular flexibility index (Phi) is 3.81. The summed E-state index contributed by atoms with van der Waals surface area (Å²) in [5.74, 6) is -0.533. The van der Waals surface area contributed by atoms with Crippen molar-refractivity contribution in [3.05, 3.63) is 46.4 Å². The summed E-state index contributed by atoms with van der Waals surface area (Å²) in [6, 6.07) is 7.50. The number of aromatic nitrogens is 2. The van der Waals surface area contributed by atoms with Crippen LogP contribution in [0.3, 0.4) is 0 Å². The van der Waals surface area contributed by atoms with Gasteiger partial charge in [-0.2, -0.15) is 0 Å². The SMILES string of the molecule is COC(=O)c1cc(-c2ccc(C)c(C)c2)nc(Cl)n1. The summed E-state index contributed by atoms with van der Waals surface area (Å²) in [7, 11) is 1.30. The van der Waals surface area contributed by atoms with Crippen molar-refractivity contribution >= 4 is 17.6 Å². The molecule has 98 valence electrons. The van der Waals surface area contributed by atoms with Gasteiger partial charge < -0.3 is 4.74 Å². The van der Waals surface area contributed by atoms with Crippen molar-refractivity contribution in [2.45, 2.75) is 13.8 Å². The second-order valence-corrected chi connectivity index (χ2v) is 4.54. The number of esters is 1. The van der Waals surface area contributed by atoms with Crippen LogP contribution in [0.1, 0.15) is 21.6 Å². The van der Waals surface area contributed by atoms with Crippen molar-refractivity contribution in [1.82, 2.24) is 9.97 Å². The zero-order valence-corrected chi connectivity index (χ0v) is 11.7. The molecule has 2 rings (SSSR count). The quantitative estimate of drug-likeness (QED) is 0.624. The summed E-state index contributed by atoms with van der Waals surface area (Å²) in [5, 5.41) is 0.0242. The fourth-order valence-electron chi connectivity index (χ4n) is 1.68. The number of ether oxygens (including phenoxy) is 1. The van der Waals surface area contributed by atoms with Crippen LogP contribution in [0.2, 0.25) is 5.28 Å². The van der Waals surface area contributed by atoms with Crippen molar-refractivity contribution in [1.29, 1.82) is 0 Å². The van der Waals surface area contributed by atoms with E-state index >= 15 is 0 Å². The minimum atomic E-state index is -0.533. The molecule has 0 radical (unpaired) electrons. The number of benzene rings is 1. The maximum absolute atomic E-state index is 11.5. The number of hydrogen-bond donors (Lipinski definition) is 0. The number of aryl methyl sites for hydroxylation is 2. The fraction of sp³-hybridized carbons (Fsp3) is 0.214. The summed E-state index contributed by atoms with van der Waals surface area (Å²) in [5.41, 5.74) is 3.97. The highest BCUT2D eigenvalue weighted by atomic mass is 35.5. The molecule has 0 bridgehead atoms. The number of methoxy groups -OCH3 is 1. The largest absolute Gasteiger partial charge is 0.464 e. The molecule has 19 heavy (non-hydrogen) atoms. The molecule has 5 heteroatoms. The molecule has 0 fully saturated rings. The first-order valence-corrected chi connectivity index (χ1v) is 6.09. The third-order valence-electron chi connectivity index (χ3n) is 2.90. The van der Waals surface area contributed by atoms with E-state index in [1.165, 1.54) is 12.7 Å². The molecule has 0 aliphatic rings. The van der Waals surface area contributed by atoms with Crippen LogP contribution < -0.4 is 0 Å². The smallest absolute Gasteiger partial charge is 0.356 e. The highest BCUT2D eigenvalue weighted by molar-refractivity contribution is 6.28. The lowest BCUT2D eigenvalue weighted by molar-refractivity contribution is 0.0594. The summed E-state index contributed by atoms with van der Waals surface area (Å²) in [6.07, 6.45) is 0. The van der Waals surface area contributed by atoms with Gasteiger partial charge in [0.1, 0.15) is 0 Å². The molecule has 0 amide bonds. The van der Waals surface area contributed by atoms with Crippen LogP contribution in [-0.4, -0.2) is 23.0 Å². The van der Waals surface area contributed by atoms with Crippen molar-refractivity contribution in [3.8, 4) is 11.3 Å². The third-order valence-corrected chi connectivity index (χ3v) is 3.07. The van der Waals surface area contributed by atoms with Gasteiger partial charge in [0.25, 0.3) is 0 Å². The predicted molar refractivity (Wildman–Crippen MR) is 73.3 cm³/mol. The van der Waals surface area contributed by atoms with Gasteiger partial charge in [0.2, 0.25) is 5.28 Å². The molecule has 0 saturated carbocycles. The van der Waals surface area contributed by atoms with Gasteiger partial charge in [0.15, 0.2) is 5.69 Å². The zero-order valence-electron chi connectivity index (χ0n) is 10.9. The maximum atomic E-state index is 11.5. The summed E-state index contributed by atoms with van der Waals surface area (Å²) >= 11 is 5.84. The highest BCUT2D eigenvalue weighted by Crippen LogP contribution is 2.22. The molecule has 0 spiro atoms. The van der Waals surface area contributed by atoms with E-state index in [0.717, 1.165) is 11.1 Å². The van der Waals surface area contributed by atoms with E-state index in [0.29, 0.717) is 5.69 Å². The van der Waals surface area contributed by atoms with Crippen LogP contribution >= 0.6 is 11.6 Å². The summed E-state index contributed by atoms with van der Waals surface area (Å²) < 4.78 is 4.64. The average Bonchev–Trinajstić information content (AvgIpc) is 2.40. The molecule has 0 atom stereocenters. The molecule has 0 N–H and O–H groups in total. The van der Waals surface area contributed by atoms with Crippen LogP contribution in [0.4, 0.5) is 0 Å². The van der Waals surface area contributed by atoms with Gasteiger partial charge in [-0.15, -0.1) is 0 Å². The molecule has 4 nitrogen and oxygen atoms in total. The molecule has 1 aromatic carbocycles. The number of rotatable bonds is 2. The number of hydrogen-bond acceptors (Lipinski definition) is 4. The van der Waals surface area contributed by atoms with Crippen LogP contribution in [0.25, 0.3) is 11.3 Å². The van der Waals surface area contributed by atoms with Crippen molar-refractivity contribution < 1.29 is 9.53 Å². The van der Waals surface area contributed by atoms with E-state index in [-0.39, 0.29) is 11.0 Å². The standard InChI is InChI=1S/C14H13ClN2O2/c1-8-4-5-10(6-9(8)2)11-7-12(13(18)19-3)17-14(15)16-11/h4-7H,1-3H3. The first-order valence-electron chi connectivity index (χ1n) is 5.72. The lowest BCUT2D eigenvalue weighted by atomic mass is 10.0. The van der Waals surface area contributed by atoms with E-state index in [1.54, 1.807) is 6.07 Å². The molecule has 0 aliphatic carbocycles. The van der Waals surface area contributed by atoms with Gasteiger partial charge in [0, 0.05) is 5.56 Å². The van der Waals surface area contributed by atoms with Crippen molar-refractivity contribution in [3.63, 3.8) is 0 Å². The molecule has 0 aliphatic heterocycles. The Morgan fingerprint density at radius 1 is 1.16 bits per heavy atom. The Hall–Kier alpha value is -1.94. The number of halogens is 1. The number of nitrogens with zero attached hydrogens (tertiary/aromatic N) is 2. The number of carbonyl (C=O) groups is 1. The van der Waals surface area contributed by atoms with E-state index < -0.39 is 5.97 Å². The molecular weight excluding hydrogens is 264 g/mol. The minimum Gasteiger partial charge on any atom is -0.464 e. The molecule has 2 aromatic rings. The minimum absolute atomic E-state index is 0.0242. The molecule has 1 heterocycles. The normalized spacial score (nSPS) is 10.3. The van der Waals surface area contributed by atoms with Crippen LogP contribution in [0.15, 0.2) is 24.3 Å². The summed E-state index contributed by atoms with van der Waals surface area (Å²) in [6.45, 7) is 4.05. The molecule has 0 unspecified atom stereocenters. The Balaban J connectivity index is 2.52. The number of carbonyl (C=O) groups excluding carboxylic acids is 1. The maximum Gasteiger partial charge on any atom is 0.356 e. The highest BCUT2D eigenvalue weighted by Gasteiger charge is 2.12. The zero-order chi connectivity index (χ0) is 14.0. The molecule has 0 saturated heterocycles. The van der Waals surface area contributed by atoms with Crippen molar-refractivity contribution in [2.75, 3.05) is 7.11 Å². The second-order valence-electron chi connectivity index (χ2n) is 4.20. The van der Waals surface area contributed by atoms with Crippen LogP contribution in [0.5, 0.6) is 0 Å². The van der Waals surface area contributed by atoms with Crippen molar-refractivity contribution in [2.24, 2.45) is 0 Å². The molecule has 1 aromatic heterocycles. The fourth-order valence-corrected chi connectivity index (χ4v) is 1.86. The Morgan fingerprint density at radius 2 is 1.89 bits per heavy atom. The van der Waals surface area contributed by atoms with Gasteiger partial charge in [0.05, 0.1) is 12.8 Å². The van der Waals surface area contributed by atoms with E-state index in [2.05, 4.69) is 14.7 Å². The van der Waals surface area contributed by atoms with Gasteiger partial charge in [-0.05, 0) is 48.7 Å².